The molecule has 0 atom stereocenters. The highest BCUT2D eigenvalue weighted by Gasteiger charge is 2.18. The number of likely N-dealkylation sites (N-methyl/N-ethyl adjacent to an activating group) is 1. The van der Waals surface area contributed by atoms with Gasteiger partial charge in [-0.1, -0.05) is 25.5 Å². The minimum atomic E-state index is -0.328. The fourth-order valence-corrected chi connectivity index (χ4v) is 3.63. The Labute approximate surface area is 181 Å². The van der Waals surface area contributed by atoms with E-state index in [0.29, 0.717) is 17.3 Å². The Morgan fingerprint density at radius 1 is 1.19 bits per heavy atom. The van der Waals surface area contributed by atoms with Crippen LogP contribution in [-0.2, 0) is 6.54 Å². The van der Waals surface area contributed by atoms with Gasteiger partial charge in [-0.3, -0.25) is 10.1 Å². The molecule has 4 aromatic rings. The van der Waals surface area contributed by atoms with E-state index >= 15 is 0 Å². The van der Waals surface area contributed by atoms with Gasteiger partial charge in [0.2, 0.25) is 5.95 Å². The van der Waals surface area contributed by atoms with Crippen LogP contribution in [0.4, 0.5) is 5.95 Å². The van der Waals surface area contributed by atoms with Crippen molar-refractivity contribution in [2.24, 2.45) is 0 Å². The van der Waals surface area contributed by atoms with E-state index in [1.165, 1.54) is 12.8 Å². The van der Waals surface area contributed by atoms with Crippen molar-refractivity contribution in [1.29, 1.82) is 0 Å². The lowest BCUT2D eigenvalue weighted by Crippen LogP contribution is -2.25. The highest BCUT2D eigenvalue weighted by atomic mass is 16.5. The van der Waals surface area contributed by atoms with E-state index in [4.69, 9.17) is 9.15 Å². The quantitative estimate of drug-likeness (QED) is 0.422. The first kappa shape index (κ1) is 20.9. The van der Waals surface area contributed by atoms with Gasteiger partial charge < -0.3 is 18.6 Å². The zero-order valence-corrected chi connectivity index (χ0v) is 18.2. The van der Waals surface area contributed by atoms with Crippen molar-refractivity contribution in [3.8, 4) is 5.75 Å². The summed E-state index contributed by atoms with van der Waals surface area (Å²) in [6, 6.07) is 15.1. The van der Waals surface area contributed by atoms with E-state index in [9.17, 15) is 4.79 Å². The molecule has 0 aliphatic carbocycles. The summed E-state index contributed by atoms with van der Waals surface area (Å²) in [5, 5.41) is 3.76. The van der Waals surface area contributed by atoms with Crippen LogP contribution in [-0.4, -0.2) is 47.6 Å². The van der Waals surface area contributed by atoms with Gasteiger partial charge in [-0.25, -0.2) is 4.98 Å². The van der Waals surface area contributed by atoms with Crippen molar-refractivity contribution < 1.29 is 13.9 Å². The Hall–Kier alpha value is -3.32. The molecule has 0 aliphatic heterocycles. The molecule has 2 aromatic carbocycles. The molecular weight excluding hydrogens is 392 g/mol. The Morgan fingerprint density at radius 2 is 2.03 bits per heavy atom. The molecule has 2 aromatic heterocycles. The van der Waals surface area contributed by atoms with Gasteiger partial charge in [0.05, 0.1) is 18.1 Å². The third-order valence-corrected chi connectivity index (χ3v) is 5.43. The Bertz CT molecular complexity index is 1190. The third kappa shape index (κ3) is 4.56. The second-order valence-electron chi connectivity index (χ2n) is 7.70. The van der Waals surface area contributed by atoms with Crippen LogP contribution in [0.1, 0.15) is 30.3 Å². The van der Waals surface area contributed by atoms with Crippen molar-refractivity contribution in [3.63, 3.8) is 0 Å². The van der Waals surface area contributed by atoms with E-state index < -0.39 is 0 Å². The van der Waals surface area contributed by atoms with Crippen LogP contribution in [0.15, 0.2) is 52.9 Å². The molecular formula is C24H28N4O3. The predicted octanol–water partition coefficient (Wildman–Crippen LogP) is 4.78. The minimum Gasteiger partial charge on any atom is -0.497 e. The standard InChI is InChI=1S/C24H28N4O3/c1-4-5-12-27(2)13-14-28-20-9-7-6-8-19(20)25-24(28)26-23(29)22-16-17-15-18(30-3)10-11-21(17)31-22/h6-11,15-16H,4-5,12-14H2,1-3H3,(H,25,26,29). The Morgan fingerprint density at radius 3 is 2.84 bits per heavy atom. The van der Waals surface area contributed by atoms with E-state index in [0.717, 1.165) is 36.1 Å². The highest BCUT2D eigenvalue weighted by molar-refractivity contribution is 6.04. The van der Waals surface area contributed by atoms with E-state index in [1.807, 2.05) is 36.4 Å². The number of unbranched alkanes of at least 4 members (excludes halogenated alkanes) is 1. The van der Waals surface area contributed by atoms with Gasteiger partial charge in [0.1, 0.15) is 11.3 Å². The number of carbonyl (C=O) groups excluding carboxylic acids is 1. The average Bonchev–Trinajstić information content (AvgIpc) is 3.36. The van der Waals surface area contributed by atoms with Gasteiger partial charge in [0.15, 0.2) is 5.76 Å². The molecule has 0 bridgehead atoms. The van der Waals surface area contributed by atoms with E-state index in [-0.39, 0.29) is 11.7 Å². The van der Waals surface area contributed by atoms with Crippen LogP contribution < -0.4 is 10.1 Å². The smallest absolute Gasteiger partial charge is 0.293 e. The summed E-state index contributed by atoms with van der Waals surface area (Å²) in [5.74, 6) is 1.15. The summed E-state index contributed by atoms with van der Waals surface area (Å²) >= 11 is 0. The van der Waals surface area contributed by atoms with Crippen molar-refractivity contribution in [2.75, 3.05) is 32.6 Å². The number of nitrogens with zero attached hydrogens (tertiary/aromatic N) is 3. The van der Waals surface area contributed by atoms with Crippen molar-refractivity contribution in [2.45, 2.75) is 26.3 Å². The molecule has 0 spiro atoms. The zero-order chi connectivity index (χ0) is 21.8. The lowest BCUT2D eigenvalue weighted by atomic mass is 10.2. The SMILES string of the molecule is CCCCN(C)CCn1c(NC(=O)c2cc3cc(OC)ccc3o2)nc2ccccc21. The topological polar surface area (TPSA) is 72.5 Å². The lowest BCUT2D eigenvalue weighted by Gasteiger charge is -2.17. The van der Waals surface area contributed by atoms with Crippen LogP contribution in [0.2, 0.25) is 0 Å². The van der Waals surface area contributed by atoms with Crippen LogP contribution in [0, 0.1) is 0 Å². The molecule has 1 N–H and O–H groups in total. The van der Waals surface area contributed by atoms with Gasteiger partial charge in [-0.15, -0.1) is 0 Å². The number of para-hydroxylation sites is 2. The average molecular weight is 421 g/mol. The summed E-state index contributed by atoms with van der Waals surface area (Å²) in [5.41, 5.74) is 2.48. The van der Waals surface area contributed by atoms with Gasteiger partial charge in [-0.05, 0) is 56.4 Å². The number of benzene rings is 2. The number of fused-ring (bicyclic) bond motifs is 2. The van der Waals surface area contributed by atoms with Gasteiger partial charge in [-0.2, -0.15) is 0 Å². The lowest BCUT2D eigenvalue weighted by molar-refractivity contribution is 0.0997. The largest absolute Gasteiger partial charge is 0.497 e. The summed E-state index contributed by atoms with van der Waals surface area (Å²) in [7, 11) is 3.73. The number of methoxy groups -OCH3 is 1. The first-order chi connectivity index (χ1) is 15.1. The molecule has 0 radical (unpaired) electrons. The number of hydrogen-bond donors (Lipinski definition) is 1. The van der Waals surface area contributed by atoms with Gasteiger partial charge in [0, 0.05) is 18.5 Å². The minimum absolute atomic E-state index is 0.238. The second kappa shape index (κ2) is 9.22. The number of imidazole rings is 1. The molecule has 0 saturated heterocycles. The molecule has 162 valence electrons. The molecule has 7 nitrogen and oxygen atoms in total. The molecule has 0 unspecified atom stereocenters. The maximum Gasteiger partial charge on any atom is 0.293 e. The van der Waals surface area contributed by atoms with E-state index in [2.05, 4.69) is 33.7 Å². The van der Waals surface area contributed by atoms with E-state index in [1.54, 1.807) is 19.2 Å². The normalized spacial score (nSPS) is 11.5. The number of hydrogen-bond acceptors (Lipinski definition) is 5. The van der Waals surface area contributed by atoms with Crippen LogP contribution in [0.3, 0.4) is 0 Å². The summed E-state index contributed by atoms with van der Waals surface area (Å²) in [6.07, 6.45) is 2.34. The number of amides is 1. The third-order valence-electron chi connectivity index (χ3n) is 5.43. The number of aromatic nitrogens is 2. The second-order valence-corrected chi connectivity index (χ2v) is 7.70. The molecule has 0 aliphatic rings. The molecule has 0 saturated carbocycles. The van der Waals surface area contributed by atoms with Crippen LogP contribution in [0.5, 0.6) is 5.75 Å². The molecule has 31 heavy (non-hydrogen) atoms. The number of furan rings is 1. The van der Waals surface area contributed by atoms with Crippen molar-refractivity contribution in [3.05, 3.63) is 54.3 Å². The number of anilines is 1. The molecule has 0 fully saturated rings. The number of rotatable bonds is 9. The monoisotopic (exact) mass is 420 g/mol. The zero-order valence-electron chi connectivity index (χ0n) is 18.2. The highest BCUT2D eigenvalue weighted by Crippen LogP contribution is 2.25. The predicted molar refractivity (Wildman–Crippen MR) is 123 cm³/mol. The molecule has 7 heteroatoms. The molecule has 4 rings (SSSR count). The first-order valence-corrected chi connectivity index (χ1v) is 10.6. The summed E-state index contributed by atoms with van der Waals surface area (Å²) in [6.45, 7) is 4.84. The number of carbonyl (C=O) groups is 1. The first-order valence-electron chi connectivity index (χ1n) is 10.6. The van der Waals surface area contributed by atoms with Gasteiger partial charge in [0.25, 0.3) is 5.91 Å². The fraction of sp³-hybridized carbons (Fsp3) is 0.333. The van der Waals surface area contributed by atoms with Gasteiger partial charge >= 0.3 is 0 Å². The summed E-state index contributed by atoms with van der Waals surface area (Å²) in [4.78, 5) is 19.9. The molecule has 1 amide bonds. The Balaban J connectivity index is 1.58. The van der Waals surface area contributed by atoms with Crippen molar-refractivity contribution >= 4 is 33.9 Å². The van der Waals surface area contributed by atoms with Crippen LogP contribution in [0.25, 0.3) is 22.0 Å². The maximum absolute atomic E-state index is 12.9. The number of nitrogens with one attached hydrogen (secondary N) is 1. The number of ether oxygens (including phenoxy) is 1. The summed E-state index contributed by atoms with van der Waals surface area (Å²) < 4.78 is 13.1. The fourth-order valence-electron chi connectivity index (χ4n) is 3.63. The Kier molecular flexibility index (Phi) is 6.23. The van der Waals surface area contributed by atoms with Crippen molar-refractivity contribution in [1.82, 2.24) is 14.5 Å². The molecule has 2 heterocycles. The van der Waals surface area contributed by atoms with Crippen LogP contribution >= 0.6 is 0 Å². The maximum atomic E-state index is 12.9.